The van der Waals surface area contributed by atoms with Crippen molar-refractivity contribution in [2.45, 2.75) is 17.8 Å². The van der Waals surface area contributed by atoms with Crippen molar-refractivity contribution in [1.29, 1.82) is 0 Å². The van der Waals surface area contributed by atoms with Gasteiger partial charge < -0.3 is 13.7 Å². The molecule has 310 valence electrons. The molecule has 0 amide bonds. The van der Waals surface area contributed by atoms with E-state index in [4.69, 9.17) is 8.83 Å². The summed E-state index contributed by atoms with van der Waals surface area (Å²) >= 11 is 0. The molecule has 0 spiro atoms. The van der Waals surface area contributed by atoms with Gasteiger partial charge >= 0.3 is 0 Å². The molecule has 10 aromatic carbocycles. The number of rotatable bonds is 6. The van der Waals surface area contributed by atoms with Gasteiger partial charge in [-0.1, -0.05) is 188 Å². The van der Waals surface area contributed by atoms with Gasteiger partial charge in [0, 0.05) is 44.3 Å². The van der Waals surface area contributed by atoms with Gasteiger partial charge in [-0.25, -0.2) is 0 Å². The van der Waals surface area contributed by atoms with E-state index in [1.807, 2.05) is 6.07 Å². The maximum Gasteiger partial charge on any atom is 0.159 e. The Morgan fingerprint density at radius 3 is 1.53 bits per heavy atom. The molecule has 0 N–H and O–H groups in total. The lowest BCUT2D eigenvalue weighted by Crippen LogP contribution is -2.28. The van der Waals surface area contributed by atoms with Crippen molar-refractivity contribution in [2.75, 3.05) is 4.90 Å². The smallest absolute Gasteiger partial charge is 0.159 e. The Bertz CT molecular complexity index is 3830. The molecule has 0 saturated carbocycles. The van der Waals surface area contributed by atoms with Gasteiger partial charge in [0.05, 0.1) is 16.8 Å². The zero-order valence-corrected chi connectivity index (χ0v) is 36.2. The summed E-state index contributed by atoms with van der Waals surface area (Å²) in [4.78, 5) is 2.37. The van der Waals surface area contributed by atoms with Crippen molar-refractivity contribution < 1.29 is 8.83 Å². The van der Waals surface area contributed by atoms with Crippen LogP contribution in [0.4, 0.5) is 17.1 Å². The molecule has 14 rings (SSSR count). The number of fused-ring (bicyclic) bond motifs is 12. The predicted molar refractivity (Wildman–Crippen MR) is 270 cm³/mol. The summed E-state index contributed by atoms with van der Waals surface area (Å²) < 4.78 is 14.0. The van der Waals surface area contributed by atoms with Gasteiger partial charge in [0.15, 0.2) is 5.58 Å². The largest absolute Gasteiger partial charge is 0.456 e. The first-order valence-corrected chi connectivity index (χ1v) is 22.8. The fraction of sp³-hybridized carbons (Fsp3) is 0.0476. The average Bonchev–Trinajstić information content (AvgIpc) is 4.11. The third-order valence-electron chi connectivity index (χ3n) is 14.8. The fourth-order valence-corrected chi connectivity index (χ4v) is 12.0. The molecular formula is C63H41NO2. The molecule has 2 aliphatic rings. The van der Waals surface area contributed by atoms with Crippen molar-refractivity contribution in [1.82, 2.24) is 0 Å². The molecule has 0 aliphatic heterocycles. The first kappa shape index (κ1) is 37.0. The van der Waals surface area contributed by atoms with E-state index in [9.17, 15) is 0 Å². The number of furan rings is 2. The van der Waals surface area contributed by atoms with E-state index in [0.717, 1.165) is 66.5 Å². The summed E-state index contributed by atoms with van der Waals surface area (Å²) in [6.45, 7) is 2.36. The van der Waals surface area contributed by atoms with Gasteiger partial charge in [0.25, 0.3) is 0 Å². The summed E-state index contributed by atoms with van der Waals surface area (Å²) in [5.74, 6) is 0. The monoisotopic (exact) mass is 843 g/mol. The summed E-state index contributed by atoms with van der Waals surface area (Å²) in [6, 6.07) is 83.9. The van der Waals surface area contributed by atoms with Crippen molar-refractivity contribution in [3.05, 3.63) is 269 Å². The Morgan fingerprint density at radius 2 is 0.818 bits per heavy atom. The highest BCUT2D eigenvalue weighted by molar-refractivity contribution is 6.12. The topological polar surface area (TPSA) is 29.5 Å². The number of para-hydroxylation sites is 3. The maximum absolute atomic E-state index is 7.20. The van der Waals surface area contributed by atoms with Crippen LogP contribution < -0.4 is 4.90 Å². The van der Waals surface area contributed by atoms with E-state index in [2.05, 4.69) is 236 Å². The second-order valence-corrected chi connectivity index (χ2v) is 18.0. The van der Waals surface area contributed by atoms with Gasteiger partial charge in [0.2, 0.25) is 0 Å². The second-order valence-electron chi connectivity index (χ2n) is 18.0. The average molecular weight is 844 g/mol. The Labute approximate surface area is 382 Å². The van der Waals surface area contributed by atoms with Crippen LogP contribution in [0.15, 0.2) is 239 Å². The number of benzene rings is 10. The summed E-state index contributed by atoms with van der Waals surface area (Å²) in [6.07, 6.45) is 0. The third-order valence-corrected chi connectivity index (χ3v) is 14.8. The van der Waals surface area contributed by atoms with Crippen LogP contribution in [0.1, 0.15) is 45.9 Å². The zero-order chi connectivity index (χ0) is 43.6. The number of hydrogen-bond donors (Lipinski definition) is 0. The van der Waals surface area contributed by atoms with Gasteiger partial charge in [-0.2, -0.15) is 0 Å². The second kappa shape index (κ2) is 13.8. The van der Waals surface area contributed by atoms with Crippen molar-refractivity contribution in [3.8, 4) is 22.3 Å². The molecule has 0 bridgehead atoms. The van der Waals surface area contributed by atoms with Crippen molar-refractivity contribution in [3.63, 3.8) is 0 Å². The lowest BCUT2D eigenvalue weighted by molar-refractivity contribution is 0.637. The molecule has 2 heterocycles. The Morgan fingerprint density at radius 1 is 0.333 bits per heavy atom. The Balaban J connectivity index is 1.02. The van der Waals surface area contributed by atoms with Crippen LogP contribution in [0.3, 0.4) is 0 Å². The number of nitrogens with zero attached hydrogens (tertiary/aromatic N) is 1. The van der Waals surface area contributed by atoms with Crippen molar-refractivity contribution in [2.24, 2.45) is 0 Å². The van der Waals surface area contributed by atoms with Crippen LogP contribution in [0.5, 0.6) is 0 Å². The molecule has 3 heteroatoms. The lowest BCUT2D eigenvalue weighted by Gasteiger charge is -2.34. The number of hydrogen-bond acceptors (Lipinski definition) is 3. The normalized spacial score (nSPS) is 14.1. The molecule has 12 aromatic rings. The summed E-state index contributed by atoms with van der Waals surface area (Å²) in [5, 5.41) is 4.35. The maximum atomic E-state index is 7.20. The van der Waals surface area contributed by atoms with Crippen molar-refractivity contribution >= 4 is 60.9 Å². The van der Waals surface area contributed by atoms with E-state index in [0.29, 0.717) is 0 Å². The van der Waals surface area contributed by atoms with Gasteiger partial charge in [-0.15, -0.1) is 0 Å². The van der Waals surface area contributed by atoms with E-state index in [-0.39, 0.29) is 0 Å². The fourth-order valence-electron chi connectivity index (χ4n) is 12.0. The first-order chi connectivity index (χ1) is 32.6. The molecule has 0 radical (unpaired) electrons. The molecule has 0 fully saturated rings. The SMILES string of the molecule is CC1(c2cccc3c2oc2cc(N(c4ccc5c(c4)C(c4ccccc4)(c4ccccc4)c4ccccc4-5)c4cccc5c4oc4ccccc45)ccc23)c2ccccc2-c2ccccc21. The first-order valence-electron chi connectivity index (χ1n) is 22.8. The highest BCUT2D eigenvalue weighted by atomic mass is 16.3. The van der Waals surface area contributed by atoms with Crippen LogP contribution in [-0.4, -0.2) is 0 Å². The van der Waals surface area contributed by atoms with Gasteiger partial charge in [-0.3, -0.25) is 0 Å². The zero-order valence-electron chi connectivity index (χ0n) is 36.2. The quantitative estimate of drug-likeness (QED) is 0.167. The standard InChI is InChI=1S/C63H41NO2/c1-62(52-28-12-8-22-44(52)45-23-9-13-29-53(45)62)55-31-16-26-50-49-37-35-43(39-59(49)66-60(50)55)64(57-32-17-27-51-48-25-11-15-33-58(48)65-61(51)57)42-34-36-47-46-24-10-14-30-54(46)63(56(47)38-42,40-18-4-2-5-19-40)41-20-6-3-7-21-41/h2-39H,1H3. The molecule has 2 aliphatic carbocycles. The van der Waals surface area contributed by atoms with Crippen LogP contribution in [-0.2, 0) is 10.8 Å². The van der Waals surface area contributed by atoms with Crippen LogP contribution in [0.2, 0.25) is 0 Å². The molecule has 66 heavy (non-hydrogen) atoms. The number of anilines is 3. The Hall–Kier alpha value is -8.40. The summed E-state index contributed by atoms with van der Waals surface area (Å²) in [5.41, 5.74) is 19.2. The Kier molecular flexibility index (Phi) is 7.74. The third kappa shape index (κ3) is 4.92. The van der Waals surface area contributed by atoms with Gasteiger partial charge in [0.1, 0.15) is 16.7 Å². The van der Waals surface area contributed by atoms with Crippen LogP contribution >= 0.6 is 0 Å². The van der Waals surface area contributed by atoms with Crippen LogP contribution in [0.25, 0.3) is 66.1 Å². The molecular weight excluding hydrogens is 803 g/mol. The minimum Gasteiger partial charge on any atom is -0.456 e. The highest BCUT2D eigenvalue weighted by Gasteiger charge is 2.47. The van der Waals surface area contributed by atoms with Crippen LogP contribution in [0, 0.1) is 0 Å². The molecule has 0 saturated heterocycles. The highest BCUT2D eigenvalue weighted by Crippen LogP contribution is 2.58. The minimum absolute atomic E-state index is 0.404. The van der Waals surface area contributed by atoms with E-state index >= 15 is 0 Å². The summed E-state index contributed by atoms with van der Waals surface area (Å²) in [7, 11) is 0. The molecule has 3 nitrogen and oxygen atoms in total. The lowest BCUT2D eigenvalue weighted by atomic mass is 9.67. The minimum atomic E-state index is -0.561. The van der Waals surface area contributed by atoms with E-state index in [1.165, 1.54) is 55.6 Å². The molecule has 0 atom stereocenters. The predicted octanol–water partition coefficient (Wildman–Crippen LogP) is 16.7. The molecule has 2 aromatic heterocycles. The van der Waals surface area contributed by atoms with Gasteiger partial charge in [-0.05, 0) is 99.0 Å². The van der Waals surface area contributed by atoms with E-state index in [1.54, 1.807) is 0 Å². The molecule has 0 unspecified atom stereocenters. The van der Waals surface area contributed by atoms with E-state index < -0.39 is 10.8 Å².